The molecule has 4 nitrogen and oxygen atoms in total. The summed E-state index contributed by atoms with van der Waals surface area (Å²) in [5.74, 6) is -0.496. The average molecular weight is 312 g/mol. The molecule has 2 aliphatic carbocycles. The van der Waals surface area contributed by atoms with Crippen molar-refractivity contribution in [1.82, 2.24) is 0 Å². The molecule has 21 heavy (non-hydrogen) atoms. The largest absolute Gasteiger partial charge is 0.336 e. The zero-order valence-electron chi connectivity index (χ0n) is 12.9. The Morgan fingerprint density at radius 1 is 1.33 bits per heavy atom. The molecule has 0 aromatic carbocycles. The molecular weight excluding hydrogens is 288 g/mol. The van der Waals surface area contributed by atoms with E-state index < -0.39 is 11.4 Å². The van der Waals surface area contributed by atoms with Gasteiger partial charge in [0.25, 0.3) is 0 Å². The first-order chi connectivity index (χ1) is 9.85. The highest BCUT2D eigenvalue weighted by Gasteiger charge is 2.55. The summed E-state index contributed by atoms with van der Waals surface area (Å²) in [7, 11) is 0. The van der Waals surface area contributed by atoms with Crippen LogP contribution in [0, 0.1) is 5.92 Å². The molecule has 118 valence electrons. The molecule has 3 rings (SSSR count). The molecule has 0 bridgehead atoms. The van der Waals surface area contributed by atoms with Crippen LogP contribution < -0.4 is 0 Å². The number of hydrogen-bond acceptors (Lipinski definition) is 5. The summed E-state index contributed by atoms with van der Waals surface area (Å²) in [6.45, 7) is 6.10. The normalized spacial score (nSPS) is 45.1. The van der Waals surface area contributed by atoms with Crippen LogP contribution in [0.5, 0.6) is 0 Å². The molecule has 5 heteroatoms. The lowest BCUT2D eigenvalue weighted by Gasteiger charge is -2.52. The Morgan fingerprint density at radius 2 is 2.10 bits per heavy atom. The van der Waals surface area contributed by atoms with Crippen LogP contribution in [0.4, 0.5) is 0 Å². The fourth-order valence-corrected chi connectivity index (χ4v) is 3.66. The van der Waals surface area contributed by atoms with Crippen LogP contribution in [0.1, 0.15) is 52.9 Å². The lowest BCUT2D eigenvalue weighted by Crippen LogP contribution is -2.60. The van der Waals surface area contributed by atoms with E-state index in [-0.39, 0.29) is 23.1 Å². The maximum atomic E-state index is 11.6. The van der Waals surface area contributed by atoms with Gasteiger partial charge in [-0.1, -0.05) is 18.6 Å². The number of fused-ring (bicyclic) bond motifs is 1. The molecule has 0 radical (unpaired) electrons. The van der Waals surface area contributed by atoms with Crippen molar-refractivity contribution in [2.24, 2.45) is 5.92 Å². The molecule has 0 N–H and O–H groups in total. The van der Waals surface area contributed by atoms with Gasteiger partial charge in [-0.05, 0) is 26.7 Å². The van der Waals surface area contributed by atoms with Crippen LogP contribution in [0.2, 0.25) is 0 Å². The smallest absolute Gasteiger partial charge is 0.205 e. The fraction of sp³-hybridized carbons (Fsp3) is 0.812. The van der Waals surface area contributed by atoms with Crippen molar-refractivity contribution >= 4 is 18.4 Å². The second-order valence-corrected chi connectivity index (χ2v) is 7.67. The molecular formula is C16H24O4S. The van der Waals surface area contributed by atoms with E-state index >= 15 is 0 Å². The number of ketones is 1. The van der Waals surface area contributed by atoms with Gasteiger partial charge in [0.2, 0.25) is 5.79 Å². The molecule has 0 aromatic rings. The zero-order chi connectivity index (χ0) is 15.3. The Labute approximate surface area is 131 Å². The predicted octanol–water partition coefficient (Wildman–Crippen LogP) is 3.22. The van der Waals surface area contributed by atoms with Crippen molar-refractivity contribution < 1.29 is 19.3 Å². The number of hydrogen-bond donors (Lipinski definition) is 1. The molecule has 0 amide bonds. The Kier molecular flexibility index (Phi) is 3.97. The molecule has 5 atom stereocenters. The first kappa shape index (κ1) is 15.5. The number of carbonyl (C=O) groups excluding carboxylic acids is 1. The third kappa shape index (κ3) is 2.69. The van der Waals surface area contributed by atoms with Crippen molar-refractivity contribution in [3.05, 3.63) is 11.6 Å². The minimum absolute atomic E-state index is 0.00972. The standard InChI is InChI=1S/C16H24O4S/c1-10-8-13(17)5-7-16(10)18-14-9-12(11(2)21)4-6-15(14,3)19-20-16/h9-11,14,21H,4-8H2,1-3H3. The summed E-state index contributed by atoms with van der Waals surface area (Å²) < 4.78 is 6.35. The topological polar surface area (TPSA) is 44.8 Å². The van der Waals surface area contributed by atoms with Crippen LogP contribution in [0.15, 0.2) is 11.6 Å². The second-order valence-electron chi connectivity index (χ2n) is 6.89. The number of carbonyl (C=O) groups is 1. The first-order valence-corrected chi connectivity index (χ1v) is 8.31. The monoisotopic (exact) mass is 312 g/mol. The van der Waals surface area contributed by atoms with Crippen molar-refractivity contribution in [2.45, 2.75) is 75.6 Å². The van der Waals surface area contributed by atoms with Gasteiger partial charge in [0, 0.05) is 30.4 Å². The van der Waals surface area contributed by atoms with Crippen molar-refractivity contribution in [2.75, 3.05) is 0 Å². The van der Waals surface area contributed by atoms with Crippen LogP contribution in [0.3, 0.4) is 0 Å². The Balaban J connectivity index is 1.84. The average Bonchev–Trinajstić information content (AvgIpc) is 2.43. The Morgan fingerprint density at radius 3 is 2.76 bits per heavy atom. The second kappa shape index (κ2) is 5.37. The maximum absolute atomic E-state index is 11.6. The van der Waals surface area contributed by atoms with Crippen molar-refractivity contribution in [1.29, 1.82) is 0 Å². The van der Waals surface area contributed by atoms with Gasteiger partial charge in [0.1, 0.15) is 17.5 Å². The van der Waals surface area contributed by atoms with Gasteiger partial charge >= 0.3 is 0 Å². The molecule has 3 aliphatic rings. The van der Waals surface area contributed by atoms with Gasteiger partial charge in [-0.15, -0.1) is 0 Å². The first-order valence-electron chi connectivity index (χ1n) is 7.80. The van der Waals surface area contributed by atoms with Gasteiger partial charge in [-0.3, -0.25) is 4.79 Å². The summed E-state index contributed by atoms with van der Waals surface area (Å²) in [5, 5.41) is 0.224. The Hall–Kier alpha value is -0.360. The number of Topliss-reactive ketones (excluding diaryl/α,β-unsaturated/α-hetero) is 1. The van der Waals surface area contributed by atoms with E-state index in [1.165, 1.54) is 5.57 Å². The molecule has 0 aromatic heterocycles. The van der Waals surface area contributed by atoms with E-state index in [1.807, 2.05) is 13.8 Å². The highest BCUT2D eigenvalue weighted by atomic mass is 32.1. The van der Waals surface area contributed by atoms with Gasteiger partial charge in [-0.2, -0.15) is 12.6 Å². The molecule has 1 saturated heterocycles. The van der Waals surface area contributed by atoms with E-state index in [0.29, 0.717) is 19.3 Å². The van der Waals surface area contributed by atoms with Crippen LogP contribution in [0.25, 0.3) is 0 Å². The van der Waals surface area contributed by atoms with E-state index in [0.717, 1.165) is 12.8 Å². The zero-order valence-corrected chi connectivity index (χ0v) is 13.8. The van der Waals surface area contributed by atoms with Crippen LogP contribution in [-0.2, 0) is 19.3 Å². The van der Waals surface area contributed by atoms with Gasteiger partial charge in [0.15, 0.2) is 0 Å². The van der Waals surface area contributed by atoms with E-state index in [9.17, 15) is 4.79 Å². The minimum atomic E-state index is -0.781. The SMILES string of the molecule is CC(S)C1=CC2OC3(CCC(=O)CC3C)OOC2(C)CC1. The van der Waals surface area contributed by atoms with Gasteiger partial charge in [-0.25, -0.2) is 9.78 Å². The lowest BCUT2D eigenvalue weighted by atomic mass is 9.80. The highest BCUT2D eigenvalue weighted by Crippen LogP contribution is 2.47. The lowest BCUT2D eigenvalue weighted by molar-refractivity contribution is -0.534. The summed E-state index contributed by atoms with van der Waals surface area (Å²) in [6, 6.07) is 0. The molecule has 1 heterocycles. The number of ether oxygens (including phenoxy) is 1. The summed E-state index contributed by atoms with van der Waals surface area (Å²) in [5.41, 5.74) is 0.847. The van der Waals surface area contributed by atoms with E-state index in [4.69, 9.17) is 14.5 Å². The number of thiol groups is 1. The number of rotatable bonds is 1. The third-order valence-electron chi connectivity index (χ3n) is 5.15. The van der Waals surface area contributed by atoms with Gasteiger partial charge in [0.05, 0.1) is 0 Å². The summed E-state index contributed by atoms with van der Waals surface area (Å²) in [6.07, 6.45) is 5.38. The maximum Gasteiger partial charge on any atom is 0.205 e. The molecule has 2 fully saturated rings. The summed E-state index contributed by atoms with van der Waals surface area (Å²) >= 11 is 4.53. The molecule has 1 aliphatic heterocycles. The predicted molar refractivity (Wildman–Crippen MR) is 82.0 cm³/mol. The highest BCUT2D eigenvalue weighted by molar-refractivity contribution is 7.81. The van der Waals surface area contributed by atoms with Gasteiger partial charge < -0.3 is 4.74 Å². The molecule has 5 unspecified atom stereocenters. The quantitative estimate of drug-likeness (QED) is 0.459. The fourth-order valence-electron chi connectivity index (χ4n) is 3.44. The third-order valence-corrected chi connectivity index (χ3v) is 5.48. The van der Waals surface area contributed by atoms with Crippen LogP contribution in [-0.4, -0.2) is 28.5 Å². The molecule has 1 spiro atoms. The minimum Gasteiger partial charge on any atom is -0.336 e. The van der Waals surface area contributed by atoms with E-state index in [2.05, 4.69) is 25.6 Å². The Bertz CT molecular complexity index is 475. The van der Waals surface area contributed by atoms with E-state index in [1.54, 1.807) is 0 Å². The van der Waals surface area contributed by atoms with Crippen molar-refractivity contribution in [3.63, 3.8) is 0 Å². The molecule has 1 saturated carbocycles. The van der Waals surface area contributed by atoms with Crippen LogP contribution >= 0.6 is 12.6 Å². The van der Waals surface area contributed by atoms with Crippen molar-refractivity contribution in [3.8, 4) is 0 Å². The summed E-state index contributed by atoms with van der Waals surface area (Å²) in [4.78, 5) is 23.1.